The maximum atomic E-state index is 5.91. The van der Waals surface area contributed by atoms with Crippen LogP contribution in [0.25, 0.3) is 29.9 Å². The van der Waals surface area contributed by atoms with Crippen molar-refractivity contribution in [1.82, 2.24) is 0 Å². The molecule has 4 rings (SSSR count). The molecule has 1 nitrogen and oxygen atoms in total. The Labute approximate surface area is 262 Å². The molecule has 0 aliphatic rings. The van der Waals surface area contributed by atoms with Crippen molar-refractivity contribution in [2.24, 2.45) is 5.73 Å². The molecule has 0 radical (unpaired) electrons. The molecule has 0 spiro atoms. The van der Waals surface area contributed by atoms with E-state index >= 15 is 0 Å². The molecule has 0 saturated carbocycles. The fourth-order valence-electron chi connectivity index (χ4n) is 5.58. The van der Waals surface area contributed by atoms with Gasteiger partial charge in [0.2, 0.25) is 0 Å². The van der Waals surface area contributed by atoms with E-state index in [9.17, 15) is 0 Å². The molecule has 4 aromatic rings. The first-order chi connectivity index (χ1) is 20.2. The van der Waals surface area contributed by atoms with Gasteiger partial charge in [-0.05, 0) is 89.9 Å². The van der Waals surface area contributed by atoms with Crippen LogP contribution in [0.1, 0.15) is 120 Å². The number of aryl methyl sites for hydroxylation is 3. The third kappa shape index (κ3) is 9.38. The van der Waals surface area contributed by atoms with E-state index in [4.69, 9.17) is 5.73 Å². The average Bonchev–Trinajstić information content (AvgIpc) is 3.74. The van der Waals surface area contributed by atoms with Crippen LogP contribution < -0.4 is 5.73 Å². The first-order valence-corrected chi connectivity index (χ1v) is 18.8. The van der Waals surface area contributed by atoms with Crippen LogP contribution in [0.4, 0.5) is 0 Å². The van der Waals surface area contributed by atoms with Gasteiger partial charge in [0.15, 0.2) is 0 Å². The molecule has 0 fully saturated rings. The standard InChI is InChI=1S/C37H51NS3/c1-4-7-10-13-16-29-23-33(39-27-29)34-24-32(18-15-12-9-6-3)37(40-34)35-25-31(17-14-11-8-5-2)36(41-35)30-21-19-28(26-38)20-22-30/h19-25,27H,4-18,26,38H2,1-3H3. The Morgan fingerprint density at radius 3 is 1.71 bits per heavy atom. The summed E-state index contributed by atoms with van der Waals surface area (Å²) in [6, 6.07) is 16.5. The first kappa shape index (κ1) is 32.2. The SMILES string of the molecule is CCCCCCc1csc(-c2cc(CCCCCC)c(-c3cc(CCCCCC)c(-c4ccc(CN)cc4)s3)s2)c1. The van der Waals surface area contributed by atoms with Crippen LogP contribution in [0.2, 0.25) is 0 Å². The molecular formula is C37H51NS3. The van der Waals surface area contributed by atoms with Crippen molar-refractivity contribution in [2.75, 3.05) is 0 Å². The van der Waals surface area contributed by atoms with Crippen molar-refractivity contribution in [3.63, 3.8) is 0 Å². The highest BCUT2D eigenvalue weighted by atomic mass is 32.1. The highest BCUT2D eigenvalue weighted by molar-refractivity contribution is 7.27. The van der Waals surface area contributed by atoms with Crippen LogP contribution in [0.5, 0.6) is 0 Å². The van der Waals surface area contributed by atoms with E-state index in [-0.39, 0.29) is 0 Å². The molecule has 0 aliphatic heterocycles. The quantitative estimate of drug-likeness (QED) is 0.106. The van der Waals surface area contributed by atoms with E-state index in [0.717, 1.165) is 0 Å². The minimum absolute atomic E-state index is 0.600. The zero-order valence-electron chi connectivity index (χ0n) is 25.7. The van der Waals surface area contributed by atoms with Gasteiger partial charge in [0.05, 0.1) is 0 Å². The van der Waals surface area contributed by atoms with E-state index < -0.39 is 0 Å². The Balaban J connectivity index is 1.65. The van der Waals surface area contributed by atoms with Crippen LogP contribution in [0.15, 0.2) is 47.8 Å². The van der Waals surface area contributed by atoms with Gasteiger partial charge in [-0.15, -0.1) is 34.0 Å². The average molecular weight is 606 g/mol. The summed E-state index contributed by atoms with van der Waals surface area (Å²) in [6.45, 7) is 7.50. The first-order valence-electron chi connectivity index (χ1n) is 16.3. The monoisotopic (exact) mass is 605 g/mol. The van der Waals surface area contributed by atoms with Gasteiger partial charge in [-0.1, -0.05) is 103 Å². The van der Waals surface area contributed by atoms with Crippen LogP contribution in [0.3, 0.4) is 0 Å². The second-order valence-electron chi connectivity index (χ2n) is 11.6. The summed E-state index contributed by atoms with van der Waals surface area (Å²) in [5.74, 6) is 0. The molecule has 3 heterocycles. The molecule has 0 aliphatic carbocycles. The fourth-order valence-corrected chi connectivity index (χ4v) is 9.18. The van der Waals surface area contributed by atoms with Gasteiger partial charge in [-0.3, -0.25) is 0 Å². The number of hydrogen-bond acceptors (Lipinski definition) is 4. The second-order valence-corrected chi connectivity index (χ2v) is 14.6. The molecule has 1 aromatic carbocycles. The lowest BCUT2D eigenvalue weighted by molar-refractivity contribution is 0.667. The summed E-state index contributed by atoms with van der Waals surface area (Å²) in [7, 11) is 0. The molecule has 0 bridgehead atoms. The zero-order chi connectivity index (χ0) is 28.9. The summed E-state index contributed by atoms with van der Waals surface area (Å²) in [6.07, 6.45) is 19.3. The van der Waals surface area contributed by atoms with Crippen molar-refractivity contribution >= 4 is 34.0 Å². The van der Waals surface area contributed by atoms with Crippen LogP contribution >= 0.6 is 34.0 Å². The van der Waals surface area contributed by atoms with Crippen molar-refractivity contribution in [3.05, 3.63) is 70.1 Å². The van der Waals surface area contributed by atoms with Gasteiger partial charge in [-0.25, -0.2) is 0 Å². The predicted molar refractivity (Wildman–Crippen MR) is 188 cm³/mol. The molecule has 2 N–H and O–H groups in total. The lowest BCUT2D eigenvalue weighted by Gasteiger charge is -2.05. The largest absolute Gasteiger partial charge is 0.326 e. The summed E-state index contributed by atoms with van der Waals surface area (Å²) in [5.41, 5.74) is 13.1. The predicted octanol–water partition coefficient (Wildman–Crippen LogP) is 12.7. The van der Waals surface area contributed by atoms with Gasteiger partial charge in [-0.2, -0.15) is 0 Å². The summed E-state index contributed by atoms with van der Waals surface area (Å²) >= 11 is 5.99. The lowest BCUT2D eigenvalue weighted by atomic mass is 10.0. The molecule has 0 atom stereocenters. The number of nitrogens with two attached hydrogens (primary N) is 1. The smallest absolute Gasteiger partial charge is 0.0481 e. The van der Waals surface area contributed by atoms with E-state index in [0.29, 0.717) is 6.54 Å². The summed E-state index contributed by atoms with van der Waals surface area (Å²) in [5, 5.41) is 2.41. The van der Waals surface area contributed by atoms with Crippen molar-refractivity contribution in [3.8, 4) is 29.9 Å². The molecule has 0 amide bonds. The van der Waals surface area contributed by atoms with Crippen molar-refractivity contribution in [2.45, 2.75) is 124 Å². The van der Waals surface area contributed by atoms with Crippen LogP contribution in [-0.2, 0) is 25.8 Å². The Morgan fingerprint density at radius 1 is 0.537 bits per heavy atom. The summed E-state index contributed by atoms with van der Waals surface area (Å²) < 4.78 is 0. The van der Waals surface area contributed by atoms with Gasteiger partial charge < -0.3 is 5.73 Å². The molecule has 0 saturated heterocycles. The molecule has 4 heteroatoms. The molecule has 3 aromatic heterocycles. The Bertz CT molecular complexity index is 1290. The number of unbranched alkanes of at least 4 members (excludes halogenated alkanes) is 9. The molecule has 0 unspecified atom stereocenters. The third-order valence-electron chi connectivity index (χ3n) is 8.11. The van der Waals surface area contributed by atoms with Gasteiger partial charge in [0.25, 0.3) is 0 Å². The number of thiophene rings is 3. The normalized spacial score (nSPS) is 11.5. The van der Waals surface area contributed by atoms with Crippen molar-refractivity contribution < 1.29 is 0 Å². The number of rotatable bonds is 19. The van der Waals surface area contributed by atoms with Crippen LogP contribution in [0, 0.1) is 0 Å². The summed E-state index contributed by atoms with van der Waals surface area (Å²) in [4.78, 5) is 7.35. The molecule has 41 heavy (non-hydrogen) atoms. The Hall–Kier alpha value is -1.72. The number of hydrogen-bond donors (Lipinski definition) is 1. The highest BCUT2D eigenvalue weighted by Crippen LogP contribution is 2.46. The Kier molecular flexibility index (Phi) is 13.7. The van der Waals surface area contributed by atoms with Crippen LogP contribution in [-0.4, -0.2) is 0 Å². The van der Waals surface area contributed by atoms with E-state index in [1.54, 1.807) is 5.56 Å². The lowest BCUT2D eigenvalue weighted by Crippen LogP contribution is -1.95. The Morgan fingerprint density at radius 2 is 1.10 bits per heavy atom. The van der Waals surface area contributed by atoms with Gasteiger partial charge in [0, 0.05) is 30.9 Å². The van der Waals surface area contributed by atoms with Gasteiger partial charge in [0.1, 0.15) is 0 Å². The van der Waals surface area contributed by atoms with E-state index in [2.05, 4.69) is 68.6 Å². The minimum atomic E-state index is 0.600. The zero-order valence-corrected chi connectivity index (χ0v) is 28.2. The minimum Gasteiger partial charge on any atom is -0.326 e. The second kappa shape index (κ2) is 17.4. The maximum absolute atomic E-state index is 5.91. The topological polar surface area (TPSA) is 26.0 Å². The van der Waals surface area contributed by atoms with Crippen molar-refractivity contribution in [1.29, 1.82) is 0 Å². The number of benzene rings is 1. The van der Waals surface area contributed by atoms with E-state index in [1.807, 2.05) is 34.0 Å². The fraction of sp³-hybridized carbons (Fsp3) is 0.514. The van der Waals surface area contributed by atoms with Gasteiger partial charge >= 0.3 is 0 Å². The highest BCUT2D eigenvalue weighted by Gasteiger charge is 2.19. The third-order valence-corrected chi connectivity index (χ3v) is 11.9. The maximum Gasteiger partial charge on any atom is 0.0481 e. The van der Waals surface area contributed by atoms with E-state index in [1.165, 1.54) is 143 Å². The molecular weight excluding hydrogens is 555 g/mol. The molecule has 222 valence electrons.